The van der Waals surface area contributed by atoms with Gasteiger partial charge in [-0.25, -0.2) is 8.42 Å². The van der Waals surface area contributed by atoms with Crippen LogP contribution in [0.25, 0.3) is 0 Å². The van der Waals surface area contributed by atoms with E-state index in [4.69, 9.17) is 0 Å². The highest BCUT2D eigenvalue weighted by Crippen LogP contribution is 2.14. The second-order valence-corrected chi connectivity index (χ2v) is 7.26. The van der Waals surface area contributed by atoms with E-state index in [2.05, 4.69) is 0 Å². The molecule has 0 N–H and O–H groups in total. The van der Waals surface area contributed by atoms with Crippen molar-refractivity contribution in [1.29, 1.82) is 0 Å². The topological polar surface area (TPSA) is 54.5 Å². The van der Waals surface area contributed by atoms with Crippen LogP contribution in [-0.4, -0.2) is 38.6 Å². The molecule has 1 aromatic rings. The maximum Gasteiger partial charge on any atom is 0.253 e. The van der Waals surface area contributed by atoms with Gasteiger partial charge in [0, 0.05) is 24.9 Å². The molecule has 1 aromatic carbocycles. The van der Waals surface area contributed by atoms with Gasteiger partial charge >= 0.3 is 0 Å². The average Bonchev–Trinajstić information content (AvgIpc) is 2.38. The van der Waals surface area contributed by atoms with Crippen molar-refractivity contribution in [1.82, 2.24) is 4.90 Å². The van der Waals surface area contributed by atoms with Crippen molar-refractivity contribution in [2.24, 2.45) is 0 Å². The first-order valence-electron chi connectivity index (χ1n) is 6.52. The van der Waals surface area contributed by atoms with Crippen molar-refractivity contribution in [2.45, 2.75) is 25.0 Å². The molecule has 0 bridgehead atoms. The molecule has 0 unspecified atom stereocenters. The number of sulfone groups is 1. The highest BCUT2D eigenvalue weighted by atomic mass is 32.2. The molecule has 0 saturated carbocycles. The van der Waals surface area contributed by atoms with Crippen LogP contribution in [0.2, 0.25) is 0 Å². The molecule has 0 atom stereocenters. The van der Waals surface area contributed by atoms with Crippen molar-refractivity contribution < 1.29 is 13.2 Å². The number of nitrogens with zero attached hydrogens (tertiary/aromatic N) is 1. The Balaban J connectivity index is 2.07. The summed E-state index contributed by atoms with van der Waals surface area (Å²) in [5.41, 5.74) is 1.36. The predicted molar refractivity (Wildman–Crippen MR) is 74.7 cm³/mol. The smallest absolute Gasteiger partial charge is 0.253 e. The zero-order chi connectivity index (χ0) is 13.9. The van der Waals surface area contributed by atoms with Crippen molar-refractivity contribution in [2.75, 3.05) is 19.3 Å². The summed E-state index contributed by atoms with van der Waals surface area (Å²) in [5, 5.41) is 0. The highest BCUT2D eigenvalue weighted by Gasteiger charge is 2.18. The maximum absolute atomic E-state index is 12.2. The van der Waals surface area contributed by atoms with E-state index < -0.39 is 9.84 Å². The number of carbonyl (C=O) groups excluding carboxylic acids is 1. The molecule has 1 aliphatic heterocycles. The average molecular weight is 281 g/mol. The fraction of sp³-hybridized carbons (Fsp3) is 0.500. The first-order valence-corrected chi connectivity index (χ1v) is 8.58. The lowest BCUT2D eigenvalue weighted by molar-refractivity contribution is 0.0724. The number of hydrogen-bond donors (Lipinski definition) is 0. The summed E-state index contributed by atoms with van der Waals surface area (Å²) in [6, 6.07) is 6.88. The third-order valence-corrected chi connectivity index (χ3v) is 4.13. The largest absolute Gasteiger partial charge is 0.339 e. The van der Waals surface area contributed by atoms with Crippen LogP contribution in [0.15, 0.2) is 24.3 Å². The summed E-state index contributed by atoms with van der Waals surface area (Å²) in [4.78, 5) is 14.1. The molecule has 1 heterocycles. The molecule has 19 heavy (non-hydrogen) atoms. The minimum absolute atomic E-state index is 0.0190. The summed E-state index contributed by atoms with van der Waals surface area (Å²) >= 11 is 0. The molecule has 0 aliphatic carbocycles. The summed E-state index contributed by atoms with van der Waals surface area (Å²) in [6.45, 7) is 1.65. The Labute approximate surface area is 114 Å². The lowest BCUT2D eigenvalue weighted by atomic mass is 10.1. The zero-order valence-electron chi connectivity index (χ0n) is 11.1. The molecule has 1 saturated heterocycles. The fourth-order valence-corrected chi connectivity index (χ4v) is 3.12. The normalized spacial score (nSPS) is 16.4. The van der Waals surface area contributed by atoms with Crippen LogP contribution in [0.5, 0.6) is 0 Å². The van der Waals surface area contributed by atoms with E-state index in [-0.39, 0.29) is 11.7 Å². The summed E-state index contributed by atoms with van der Waals surface area (Å²) < 4.78 is 22.4. The number of likely N-dealkylation sites (tertiary alicyclic amines) is 1. The molecule has 1 aliphatic rings. The number of rotatable bonds is 3. The number of carbonyl (C=O) groups is 1. The highest BCUT2D eigenvalue weighted by molar-refractivity contribution is 7.89. The molecule has 104 valence electrons. The van der Waals surface area contributed by atoms with E-state index in [0.29, 0.717) is 5.56 Å². The van der Waals surface area contributed by atoms with Crippen LogP contribution >= 0.6 is 0 Å². The number of piperidine rings is 1. The lowest BCUT2D eigenvalue weighted by Crippen LogP contribution is -2.35. The molecular formula is C14H19NO3S. The number of hydrogen-bond acceptors (Lipinski definition) is 3. The molecule has 0 spiro atoms. The Hall–Kier alpha value is -1.36. The quantitative estimate of drug-likeness (QED) is 0.849. The van der Waals surface area contributed by atoms with Gasteiger partial charge in [-0.2, -0.15) is 0 Å². The first-order chi connectivity index (χ1) is 8.96. The fourth-order valence-electron chi connectivity index (χ4n) is 2.33. The third-order valence-electron chi connectivity index (χ3n) is 3.27. The monoisotopic (exact) mass is 281 g/mol. The van der Waals surface area contributed by atoms with Crippen molar-refractivity contribution >= 4 is 15.7 Å². The molecule has 0 radical (unpaired) electrons. The van der Waals surface area contributed by atoms with Gasteiger partial charge in [0.05, 0.1) is 5.75 Å². The maximum atomic E-state index is 12.2. The van der Waals surface area contributed by atoms with Gasteiger partial charge < -0.3 is 4.90 Å². The van der Waals surface area contributed by atoms with E-state index in [0.717, 1.165) is 31.5 Å². The van der Waals surface area contributed by atoms with Gasteiger partial charge in [-0.3, -0.25) is 4.79 Å². The minimum atomic E-state index is -3.03. The Kier molecular flexibility index (Phi) is 4.24. The third kappa shape index (κ3) is 4.06. The van der Waals surface area contributed by atoms with Gasteiger partial charge in [0.15, 0.2) is 9.84 Å². The Morgan fingerprint density at radius 2 is 1.68 bits per heavy atom. The van der Waals surface area contributed by atoms with Crippen LogP contribution in [0.3, 0.4) is 0 Å². The summed E-state index contributed by atoms with van der Waals surface area (Å²) in [7, 11) is -3.03. The Morgan fingerprint density at radius 3 is 2.21 bits per heavy atom. The van der Waals surface area contributed by atoms with Crippen LogP contribution in [0, 0.1) is 0 Å². The lowest BCUT2D eigenvalue weighted by Gasteiger charge is -2.26. The van der Waals surface area contributed by atoms with Gasteiger partial charge in [0.1, 0.15) is 0 Å². The zero-order valence-corrected chi connectivity index (χ0v) is 11.9. The van der Waals surface area contributed by atoms with Crippen molar-refractivity contribution in [3.63, 3.8) is 0 Å². The number of amides is 1. The summed E-state index contributed by atoms with van der Waals surface area (Å²) in [6.07, 6.45) is 4.53. The van der Waals surface area contributed by atoms with E-state index in [9.17, 15) is 13.2 Å². The Bertz CT molecular complexity index is 543. The molecule has 2 rings (SSSR count). The standard InChI is InChI=1S/C14H19NO3S/c1-19(17,18)11-12-5-7-13(8-6-12)14(16)15-9-3-2-4-10-15/h5-8H,2-4,9-11H2,1H3. The van der Waals surface area contributed by atoms with Crippen molar-refractivity contribution in [3.8, 4) is 0 Å². The number of benzene rings is 1. The van der Waals surface area contributed by atoms with Gasteiger partial charge in [-0.05, 0) is 37.0 Å². The Morgan fingerprint density at radius 1 is 1.11 bits per heavy atom. The van der Waals surface area contributed by atoms with E-state index in [1.807, 2.05) is 4.90 Å². The molecule has 4 nitrogen and oxygen atoms in total. The van der Waals surface area contributed by atoms with Gasteiger partial charge in [-0.1, -0.05) is 12.1 Å². The van der Waals surface area contributed by atoms with E-state index in [1.165, 1.54) is 12.7 Å². The van der Waals surface area contributed by atoms with E-state index in [1.54, 1.807) is 24.3 Å². The van der Waals surface area contributed by atoms with Crippen LogP contribution in [0.4, 0.5) is 0 Å². The predicted octanol–water partition coefficient (Wildman–Crippen LogP) is 1.86. The molecular weight excluding hydrogens is 262 g/mol. The van der Waals surface area contributed by atoms with E-state index >= 15 is 0 Å². The van der Waals surface area contributed by atoms with Crippen LogP contribution in [-0.2, 0) is 15.6 Å². The molecule has 5 heteroatoms. The second-order valence-electron chi connectivity index (χ2n) is 5.12. The van der Waals surface area contributed by atoms with Gasteiger partial charge in [-0.15, -0.1) is 0 Å². The van der Waals surface area contributed by atoms with Crippen molar-refractivity contribution in [3.05, 3.63) is 35.4 Å². The molecule has 1 fully saturated rings. The second kappa shape index (κ2) is 5.74. The van der Waals surface area contributed by atoms with Gasteiger partial charge in [0.25, 0.3) is 5.91 Å². The minimum Gasteiger partial charge on any atom is -0.339 e. The van der Waals surface area contributed by atoms with Crippen LogP contribution < -0.4 is 0 Å². The summed E-state index contributed by atoms with van der Waals surface area (Å²) in [5.74, 6) is 0.0659. The molecule has 0 aromatic heterocycles. The van der Waals surface area contributed by atoms with Crippen LogP contribution in [0.1, 0.15) is 35.2 Å². The SMILES string of the molecule is CS(=O)(=O)Cc1ccc(C(=O)N2CCCCC2)cc1. The molecule has 1 amide bonds. The first kappa shape index (κ1) is 14.1. The van der Waals surface area contributed by atoms with Gasteiger partial charge in [0.2, 0.25) is 0 Å².